The Balaban J connectivity index is 1.53. The fourth-order valence-electron chi connectivity index (χ4n) is 4.94. The predicted octanol–water partition coefficient (Wildman–Crippen LogP) is 9.59. The van der Waals surface area contributed by atoms with Crippen molar-refractivity contribution in [3.05, 3.63) is 94.3 Å². The minimum absolute atomic E-state index is 0.197. The van der Waals surface area contributed by atoms with E-state index in [1.165, 1.54) is 31.0 Å². The highest BCUT2D eigenvalue weighted by Gasteiger charge is 2.23. The van der Waals surface area contributed by atoms with Crippen molar-refractivity contribution >= 4 is 11.9 Å². The van der Waals surface area contributed by atoms with Gasteiger partial charge in [0.2, 0.25) is 0 Å². The standard InChI is InChI=1S/C29H26F6/c1-2-3-17-4-6-18(7-5-17)19-10-11-23(26(32)12-19)20-8-9-21(24(30)13-20)14-25(31)22-15-27(33)29(35)28(34)16-22/h8-18H,2-7H2,1H3/b25-14-. The minimum atomic E-state index is -1.71. The first-order chi connectivity index (χ1) is 16.8. The molecule has 0 nitrogen and oxygen atoms in total. The summed E-state index contributed by atoms with van der Waals surface area (Å²) in [6.45, 7) is 2.19. The minimum Gasteiger partial charge on any atom is -0.206 e. The Morgan fingerprint density at radius 3 is 2.09 bits per heavy atom. The van der Waals surface area contributed by atoms with Crippen LogP contribution in [0.5, 0.6) is 0 Å². The van der Waals surface area contributed by atoms with E-state index in [0.717, 1.165) is 49.3 Å². The molecule has 35 heavy (non-hydrogen) atoms. The number of halogens is 6. The number of benzene rings is 3. The summed E-state index contributed by atoms with van der Waals surface area (Å²) in [7, 11) is 0. The first kappa shape index (κ1) is 25.1. The lowest BCUT2D eigenvalue weighted by Gasteiger charge is -2.28. The van der Waals surface area contributed by atoms with Crippen LogP contribution in [0.15, 0.2) is 48.5 Å². The van der Waals surface area contributed by atoms with Gasteiger partial charge in [-0.1, -0.05) is 44.0 Å². The lowest BCUT2D eigenvalue weighted by atomic mass is 9.77. The van der Waals surface area contributed by atoms with E-state index in [0.29, 0.717) is 18.1 Å². The SMILES string of the molecule is CCCC1CCC(c2ccc(-c3ccc(/C=C(\F)c4cc(F)c(F)c(F)c4)c(F)c3)c(F)c2)CC1. The van der Waals surface area contributed by atoms with Gasteiger partial charge in [-0.3, -0.25) is 0 Å². The van der Waals surface area contributed by atoms with Crippen molar-refractivity contribution in [2.24, 2.45) is 5.92 Å². The molecule has 1 fully saturated rings. The van der Waals surface area contributed by atoms with Gasteiger partial charge in [-0.15, -0.1) is 0 Å². The van der Waals surface area contributed by atoms with Crippen LogP contribution in [0.4, 0.5) is 26.3 Å². The van der Waals surface area contributed by atoms with Gasteiger partial charge in [-0.05, 0) is 79.0 Å². The van der Waals surface area contributed by atoms with E-state index in [1.54, 1.807) is 6.07 Å². The van der Waals surface area contributed by atoms with Crippen LogP contribution >= 0.6 is 0 Å². The summed E-state index contributed by atoms with van der Waals surface area (Å²) < 4.78 is 83.9. The van der Waals surface area contributed by atoms with Gasteiger partial charge >= 0.3 is 0 Å². The van der Waals surface area contributed by atoms with E-state index in [2.05, 4.69) is 6.92 Å². The highest BCUT2D eigenvalue weighted by atomic mass is 19.2. The number of hydrogen-bond acceptors (Lipinski definition) is 0. The zero-order valence-corrected chi connectivity index (χ0v) is 19.4. The quantitative estimate of drug-likeness (QED) is 0.184. The van der Waals surface area contributed by atoms with Crippen LogP contribution in [0.1, 0.15) is 68.1 Å². The van der Waals surface area contributed by atoms with Crippen molar-refractivity contribution in [1.82, 2.24) is 0 Å². The van der Waals surface area contributed by atoms with Gasteiger partial charge in [0.05, 0.1) is 0 Å². The topological polar surface area (TPSA) is 0 Å². The molecule has 0 aromatic heterocycles. The molecular weight excluding hydrogens is 462 g/mol. The maximum atomic E-state index is 15.0. The summed E-state index contributed by atoms with van der Waals surface area (Å²) in [5.74, 6) is -6.17. The van der Waals surface area contributed by atoms with Gasteiger partial charge in [0.25, 0.3) is 0 Å². The predicted molar refractivity (Wildman–Crippen MR) is 127 cm³/mol. The molecule has 0 saturated heterocycles. The molecule has 6 heteroatoms. The fourth-order valence-corrected chi connectivity index (χ4v) is 4.94. The van der Waals surface area contributed by atoms with Crippen LogP contribution in [0.3, 0.4) is 0 Å². The van der Waals surface area contributed by atoms with E-state index >= 15 is 0 Å². The molecule has 3 aromatic carbocycles. The Kier molecular flexibility index (Phi) is 7.68. The van der Waals surface area contributed by atoms with E-state index in [-0.39, 0.29) is 16.7 Å². The van der Waals surface area contributed by atoms with Gasteiger partial charge in [0.15, 0.2) is 17.5 Å². The Bertz CT molecular complexity index is 1210. The molecule has 184 valence electrons. The van der Waals surface area contributed by atoms with E-state index < -0.39 is 40.5 Å². The normalized spacial score (nSPS) is 18.7. The molecule has 1 aliphatic rings. The Morgan fingerprint density at radius 2 is 1.49 bits per heavy atom. The third kappa shape index (κ3) is 5.63. The molecule has 0 heterocycles. The molecule has 0 bridgehead atoms. The van der Waals surface area contributed by atoms with Crippen molar-refractivity contribution in [3.8, 4) is 11.1 Å². The van der Waals surface area contributed by atoms with Crippen molar-refractivity contribution in [1.29, 1.82) is 0 Å². The van der Waals surface area contributed by atoms with Gasteiger partial charge in [0, 0.05) is 16.7 Å². The summed E-state index contributed by atoms with van der Waals surface area (Å²) in [6.07, 6.45) is 7.53. The van der Waals surface area contributed by atoms with Crippen molar-refractivity contribution < 1.29 is 26.3 Å². The molecule has 0 unspecified atom stereocenters. The summed E-state index contributed by atoms with van der Waals surface area (Å²) in [5, 5.41) is 0. The first-order valence-corrected chi connectivity index (χ1v) is 11.9. The zero-order chi connectivity index (χ0) is 25.1. The van der Waals surface area contributed by atoms with E-state index in [1.807, 2.05) is 6.07 Å². The Labute approximate surface area is 201 Å². The van der Waals surface area contributed by atoms with Crippen molar-refractivity contribution in [2.75, 3.05) is 0 Å². The largest absolute Gasteiger partial charge is 0.206 e. The lowest BCUT2D eigenvalue weighted by Crippen LogP contribution is -2.13. The summed E-state index contributed by atoms with van der Waals surface area (Å²) >= 11 is 0. The van der Waals surface area contributed by atoms with Crippen LogP contribution < -0.4 is 0 Å². The van der Waals surface area contributed by atoms with Crippen LogP contribution in [-0.2, 0) is 0 Å². The maximum absolute atomic E-state index is 15.0. The fraction of sp³-hybridized carbons (Fsp3) is 0.310. The molecule has 0 aliphatic heterocycles. The van der Waals surface area contributed by atoms with Gasteiger partial charge in [-0.25, -0.2) is 26.3 Å². The molecule has 1 saturated carbocycles. The van der Waals surface area contributed by atoms with Gasteiger partial charge in [0.1, 0.15) is 17.5 Å². The average Bonchev–Trinajstić information content (AvgIpc) is 2.84. The summed E-state index contributed by atoms with van der Waals surface area (Å²) in [4.78, 5) is 0. The molecule has 0 spiro atoms. The van der Waals surface area contributed by atoms with Crippen molar-refractivity contribution in [3.63, 3.8) is 0 Å². The molecule has 0 amide bonds. The highest BCUT2D eigenvalue weighted by molar-refractivity contribution is 5.78. The third-order valence-corrected chi connectivity index (χ3v) is 6.86. The van der Waals surface area contributed by atoms with Crippen molar-refractivity contribution in [2.45, 2.75) is 51.4 Å². The third-order valence-electron chi connectivity index (χ3n) is 6.86. The van der Waals surface area contributed by atoms with Gasteiger partial charge in [-0.2, -0.15) is 0 Å². The van der Waals surface area contributed by atoms with Crippen LogP contribution in [-0.4, -0.2) is 0 Å². The molecule has 1 aliphatic carbocycles. The molecule has 0 N–H and O–H groups in total. The van der Waals surface area contributed by atoms with Gasteiger partial charge < -0.3 is 0 Å². The molecule has 0 atom stereocenters. The average molecular weight is 489 g/mol. The second-order valence-electron chi connectivity index (χ2n) is 9.23. The maximum Gasteiger partial charge on any atom is 0.194 e. The van der Waals surface area contributed by atoms with E-state index in [9.17, 15) is 26.3 Å². The van der Waals surface area contributed by atoms with Crippen LogP contribution in [0, 0.1) is 35.0 Å². The molecule has 3 aromatic rings. The molecule has 0 radical (unpaired) electrons. The monoisotopic (exact) mass is 488 g/mol. The van der Waals surface area contributed by atoms with Crippen LogP contribution in [0.2, 0.25) is 0 Å². The van der Waals surface area contributed by atoms with E-state index in [4.69, 9.17) is 0 Å². The first-order valence-electron chi connectivity index (χ1n) is 11.9. The molecule has 4 rings (SSSR count). The zero-order valence-electron chi connectivity index (χ0n) is 19.4. The Hall–Kier alpha value is -3.02. The number of rotatable bonds is 6. The Morgan fingerprint density at radius 1 is 0.800 bits per heavy atom. The molecular formula is C29H26F6. The second-order valence-corrected chi connectivity index (χ2v) is 9.23. The smallest absolute Gasteiger partial charge is 0.194 e. The number of hydrogen-bond donors (Lipinski definition) is 0. The lowest BCUT2D eigenvalue weighted by molar-refractivity contribution is 0.308. The summed E-state index contributed by atoms with van der Waals surface area (Å²) in [5.41, 5.74) is 0.704. The summed E-state index contributed by atoms with van der Waals surface area (Å²) in [6, 6.07) is 9.80. The second kappa shape index (κ2) is 10.7. The highest BCUT2D eigenvalue weighted by Crippen LogP contribution is 2.39. The van der Waals surface area contributed by atoms with Crippen LogP contribution in [0.25, 0.3) is 23.0 Å².